The number of thioether (sulfide) groups is 2. The number of β-lactam (4-membered cyclic amide) rings is 1. The van der Waals surface area contributed by atoms with Gasteiger partial charge in [-0.3, -0.25) is 19.3 Å². The van der Waals surface area contributed by atoms with Crippen LogP contribution in [0.3, 0.4) is 0 Å². The Morgan fingerprint density at radius 3 is 2.73 bits per heavy atom. The number of carboxylic acids is 2. The maximum Gasteiger partial charge on any atom is 0.352 e. The van der Waals surface area contributed by atoms with Crippen LogP contribution in [0.5, 0.6) is 0 Å². The number of carbonyl (C=O) groups excluding carboxylic acids is 2. The molecule has 0 aliphatic carbocycles. The van der Waals surface area contributed by atoms with Crippen LogP contribution in [0.1, 0.15) is 19.3 Å². The minimum atomic E-state index is -1.70. The van der Waals surface area contributed by atoms with Crippen LogP contribution in [-0.4, -0.2) is 94.8 Å². The second kappa shape index (κ2) is 10.1. The van der Waals surface area contributed by atoms with Crippen molar-refractivity contribution in [2.75, 3.05) is 18.6 Å². The van der Waals surface area contributed by atoms with Gasteiger partial charge in [0.25, 0.3) is 11.6 Å². The van der Waals surface area contributed by atoms with Gasteiger partial charge in [-0.2, -0.15) is 0 Å². The lowest BCUT2D eigenvalue weighted by Crippen LogP contribution is -2.80. The van der Waals surface area contributed by atoms with Gasteiger partial charge in [0, 0.05) is 32.1 Å². The topological polar surface area (TPSA) is 203 Å². The van der Waals surface area contributed by atoms with E-state index in [2.05, 4.69) is 20.8 Å². The number of fused-ring (bicyclic) bond motifs is 1. The van der Waals surface area contributed by atoms with Crippen molar-refractivity contribution in [2.45, 2.75) is 41.6 Å². The number of nitrogens with two attached hydrogens (primary N) is 1. The van der Waals surface area contributed by atoms with E-state index in [1.807, 2.05) is 0 Å². The van der Waals surface area contributed by atoms with Crippen LogP contribution in [0.4, 0.5) is 0 Å². The third kappa shape index (κ3) is 4.83. The fourth-order valence-electron chi connectivity index (χ4n) is 3.43. The van der Waals surface area contributed by atoms with Crippen molar-refractivity contribution < 1.29 is 34.1 Å². The minimum absolute atomic E-state index is 0.0635. The summed E-state index contributed by atoms with van der Waals surface area (Å²) in [7, 11) is 2.91. The third-order valence-corrected chi connectivity index (χ3v) is 7.62. The molecule has 180 valence electrons. The van der Waals surface area contributed by atoms with Crippen molar-refractivity contribution in [2.24, 2.45) is 12.8 Å². The molecule has 1 aromatic heterocycles. The summed E-state index contributed by atoms with van der Waals surface area (Å²) in [6.45, 7) is 0. The summed E-state index contributed by atoms with van der Waals surface area (Å²) in [5.41, 5.74) is 4.09. The number of rotatable bonds is 11. The molecule has 0 saturated carbocycles. The summed E-state index contributed by atoms with van der Waals surface area (Å²) >= 11 is 2.51. The first-order valence-corrected chi connectivity index (χ1v) is 11.8. The fraction of sp³-hybridized carbons (Fsp3) is 0.588. The highest BCUT2D eigenvalue weighted by Crippen LogP contribution is 2.47. The summed E-state index contributed by atoms with van der Waals surface area (Å²) in [4.78, 5) is 49.4. The minimum Gasteiger partial charge on any atom is -0.480 e. The molecule has 1 saturated heterocycles. The molecule has 3 rings (SSSR count). The summed E-state index contributed by atoms with van der Waals surface area (Å²) in [5, 5.41) is 32.0. The Morgan fingerprint density at radius 2 is 2.15 bits per heavy atom. The normalized spacial score (nSPS) is 23.1. The quantitative estimate of drug-likeness (QED) is 0.157. The van der Waals surface area contributed by atoms with Crippen molar-refractivity contribution in [1.82, 2.24) is 30.4 Å². The number of nitrogens with one attached hydrogen (secondary N) is 1. The number of hydrogen-bond acceptors (Lipinski definition) is 11. The number of amides is 2. The highest BCUT2D eigenvalue weighted by atomic mass is 32.2. The van der Waals surface area contributed by atoms with Crippen molar-refractivity contribution in [3.63, 3.8) is 0 Å². The van der Waals surface area contributed by atoms with Crippen LogP contribution >= 0.6 is 23.5 Å². The summed E-state index contributed by atoms with van der Waals surface area (Å²) < 4.78 is 6.83. The number of ether oxygens (including phenoxy) is 1. The molecule has 16 heteroatoms. The molecular formula is C17H23N7O7S2. The monoisotopic (exact) mass is 501 g/mol. The average Bonchev–Trinajstić information content (AvgIpc) is 3.19. The van der Waals surface area contributed by atoms with Gasteiger partial charge in [-0.1, -0.05) is 11.8 Å². The Labute approximate surface area is 196 Å². The average molecular weight is 502 g/mol. The zero-order valence-corrected chi connectivity index (χ0v) is 19.4. The lowest BCUT2D eigenvalue weighted by molar-refractivity contribution is -0.192. The van der Waals surface area contributed by atoms with Gasteiger partial charge in [0.15, 0.2) is 0 Å². The number of nitrogens with zero attached hydrogens (tertiary/aromatic N) is 5. The zero-order valence-electron chi connectivity index (χ0n) is 17.8. The van der Waals surface area contributed by atoms with E-state index in [-0.39, 0.29) is 30.7 Å². The molecule has 2 aliphatic rings. The van der Waals surface area contributed by atoms with Gasteiger partial charge >= 0.3 is 11.9 Å². The predicted molar refractivity (Wildman–Crippen MR) is 115 cm³/mol. The van der Waals surface area contributed by atoms with Crippen molar-refractivity contribution in [3.8, 4) is 0 Å². The molecule has 0 spiro atoms. The maximum absolute atomic E-state index is 13.0. The summed E-state index contributed by atoms with van der Waals surface area (Å²) in [6.07, 6.45) is 0.230. The summed E-state index contributed by atoms with van der Waals surface area (Å²) in [6, 6.07) is -1.08. The molecule has 3 unspecified atom stereocenters. The van der Waals surface area contributed by atoms with Gasteiger partial charge in [0.1, 0.15) is 17.1 Å². The number of carbonyl (C=O) groups is 4. The molecule has 3 heterocycles. The molecule has 14 nitrogen and oxygen atoms in total. The number of methoxy groups -OCH3 is 1. The lowest BCUT2D eigenvalue weighted by Gasteiger charge is -2.55. The highest BCUT2D eigenvalue weighted by molar-refractivity contribution is 8.01. The molecular weight excluding hydrogens is 478 g/mol. The number of aliphatic carboxylic acids is 2. The second-order valence-corrected chi connectivity index (χ2v) is 9.31. The van der Waals surface area contributed by atoms with E-state index >= 15 is 0 Å². The van der Waals surface area contributed by atoms with E-state index in [0.717, 1.165) is 4.90 Å². The number of tetrazole rings is 1. The number of carboxylic acid groups (broad SMARTS) is 2. The molecule has 5 N–H and O–H groups in total. The number of aryl methyl sites for hydroxylation is 1. The zero-order chi connectivity index (χ0) is 24.3. The Bertz CT molecular complexity index is 1000. The van der Waals surface area contributed by atoms with E-state index in [4.69, 9.17) is 15.6 Å². The van der Waals surface area contributed by atoms with Gasteiger partial charge in [0.2, 0.25) is 11.1 Å². The van der Waals surface area contributed by atoms with Crippen LogP contribution < -0.4 is 11.1 Å². The molecule has 3 atom stereocenters. The van der Waals surface area contributed by atoms with E-state index < -0.39 is 40.9 Å². The van der Waals surface area contributed by atoms with Gasteiger partial charge in [-0.25, -0.2) is 9.48 Å². The Balaban J connectivity index is 1.70. The van der Waals surface area contributed by atoms with Crippen LogP contribution in [0.15, 0.2) is 16.4 Å². The predicted octanol–water partition coefficient (Wildman–Crippen LogP) is -1.40. The molecule has 2 aliphatic heterocycles. The first-order valence-electron chi connectivity index (χ1n) is 9.72. The molecule has 1 aromatic rings. The van der Waals surface area contributed by atoms with Crippen molar-refractivity contribution >= 4 is 47.3 Å². The number of hydrogen-bond donors (Lipinski definition) is 4. The first kappa shape index (κ1) is 24.9. The SMILES string of the molecule is COC1(NC(=O)CCCC(N)C(=O)O)C(=O)N2C(C(=O)O)=C(CSc3nnnn3C)CSC21. The largest absolute Gasteiger partial charge is 0.480 e. The van der Waals surface area contributed by atoms with Gasteiger partial charge in [-0.15, -0.1) is 16.9 Å². The van der Waals surface area contributed by atoms with Crippen molar-refractivity contribution in [3.05, 3.63) is 11.3 Å². The molecule has 0 radical (unpaired) electrons. The van der Waals surface area contributed by atoms with E-state index in [1.54, 1.807) is 7.05 Å². The van der Waals surface area contributed by atoms with Crippen LogP contribution in [-0.2, 0) is 31.0 Å². The Morgan fingerprint density at radius 1 is 1.42 bits per heavy atom. The lowest BCUT2D eigenvalue weighted by atomic mass is 9.98. The van der Waals surface area contributed by atoms with Crippen LogP contribution in [0, 0.1) is 0 Å². The Kier molecular flexibility index (Phi) is 7.61. The van der Waals surface area contributed by atoms with Gasteiger partial charge in [0.05, 0.1) is 0 Å². The van der Waals surface area contributed by atoms with E-state index in [9.17, 15) is 24.3 Å². The van der Waals surface area contributed by atoms with E-state index in [1.165, 1.54) is 35.3 Å². The molecule has 1 fully saturated rings. The third-order valence-electron chi connectivity index (χ3n) is 5.15. The Hall–Kier alpha value is -2.69. The van der Waals surface area contributed by atoms with Gasteiger partial charge < -0.3 is 26.0 Å². The maximum atomic E-state index is 13.0. The molecule has 0 aromatic carbocycles. The fourth-order valence-corrected chi connectivity index (χ4v) is 5.85. The smallest absolute Gasteiger partial charge is 0.352 e. The van der Waals surface area contributed by atoms with E-state index in [0.29, 0.717) is 16.5 Å². The summed E-state index contributed by atoms with van der Waals surface area (Å²) in [5.74, 6) is -3.10. The second-order valence-electron chi connectivity index (χ2n) is 7.29. The molecule has 2 amide bonds. The first-order chi connectivity index (χ1) is 15.6. The van der Waals surface area contributed by atoms with Crippen molar-refractivity contribution in [1.29, 1.82) is 0 Å². The molecule has 33 heavy (non-hydrogen) atoms. The van der Waals surface area contributed by atoms with Crippen LogP contribution in [0.2, 0.25) is 0 Å². The standard InChI is InChI=1S/C17H23N7O7S2/c1-23-16(20-21-22-23)33-7-8-6-32-15-17(31-2,14(30)24(15)11(8)13(28)29)19-10(25)5-3-4-9(18)12(26)27/h9,15H,3-7,18H2,1-2H3,(H,19,25)(H,26,27)(H,28,29). The van der Waals surface area contributed by atoms with Gasteiger partial charge in [-0.05, 0) is 28.8 Å². The molecule has 0 bridgehead atoms. The highest BCUT2D eigenvalue weighted by Gasteiger charge is 2.66. The van der Waals surface area contributed by atoms with Crippen LogP contribution in [0.25, 0.3) is 0 Å². The number of aromatic nitrogens is 4.